The van der Waals surface area contributed by atoms with Crippen LogP contribution < -0.4 is 10.6 Å². The van der Waals surface area contributed by atoms with Gasteiger partial charge in [-0.05, 0) is 52.5 Å². The summed E-state index contributed by atoms with van der Waals surface area (Å²) in [5.41, 5.74) is -0.203. The molecule has 0 rings (SSSR count). The number of rotatable bonds is 8. The predicted octanol–water partition coefficient (Wildman–Crippen LogP) is 2.56. The second-order valence-corrected chi connectivity index (χ2v) is 7.08. The van der Waals surface area contributed by atoms with E-state index >= 15 is 0 Å². The van der Waals surface area contributed by atoms with Gasteiger partial charge in [-0.1, -0.05) is 0 Å². The van der Waals surface area contributed by atoms with E-state index in [-0.39, 0.29) is 35.4 Å². The molecule has 0 aromatic rings. The SMILES string of the molecule is CCNC(=NCCCCSC)N(C)CC(=O)NC(C)(C)C.I. The van der Waals surface area contributed by atoms with Gasteiger partial charge in [-0.3, -0.25) is 9.79 Å². The van der Waals surface area contributed by atoms with Crippen LogP contribution in [0.4, 0.5) is 0 Å². The van der Waals surface area contributed by atoms with Crippen LogP contribution in [0.3, 0.4) is 0 Å². The predicted molar refractivity (Wildman–Crippen MR) is 110 cm³/mol. The second-order valence-electron chi connectivity index (χ2n) is 6.09. The molecule has 0 spiro atoms. The van der Waals surface area contributed by atoms with Crippen LogP contribution in [0.2, 0.25) is 0 Å². The van der Waals surface area contributed by atoms with Crippen LogP contribution in [0.1, 0.15) is 40.5 Å². The fourth-order valence-corrected chi connectivity index (χ4v) is 2.25. The molecule has 0 aliphatic carbocycles. The third-order valence-corrected chi connectivity index (χ3v) is 3.31. The van der Waals surface area contributed by atoms with Gasteiger partial charge < -0.3 is 15.5 Å². The molecule has 132 valence electrons. The molecule has 0 fully saturated rings. The number of hydrogen-bond donors (Lipinski definition) is 2. The molecule has 0 aromatic heterocycles. The summed E-state index contributed by atoms with van der Waals surface area (Å²) in [7, 11) is 1.89. The molecule has 0 bridgehead atoms. The first-order valence-electron chi connectivity index (χ1n) is 7.59. The zero-order valence-corrected chi connectivity index (χ0v) is 18.0. The molecule has 0 aromatic carbocycles. The smallest absolute Gasteiger partial charge is 0.240 e. The van der Waals surface area contributed by atoms with Gasteiger partial charge in [0, 0.05) is 25.7 Å². The molecule has 0 atom stereocenters. The number of thioether (sulfide) groups is 1. The number of halogens is 1. The number of nitrogens with one attached hydrogen (secondary N) is 2. The largest absolute Gasteiger partial charge is 0.357 e. The van der Waals surface area contributed by atoms with Gasteiger partial charge in [0.15, 0.2) is 5.96 Å². The highest BCUT2D eigenvalue weighted by molar-refractivity contribution is 14.0. The number of nitrogens with zero attached hydrogens (tertiary/aromatic N) is 2. The third kappa shape index (κ3) is 13.5. The second kappa shape index (κ2) is 13.3. The molecule has 0 saturated carbocycles. The molecule has 2 N–H and O–H groups in total. The molecule has 0 aliphatic heterocycles. The zero-order chi connectivity index (χ0) is 16.3. The quantitative estimate of drug-likeness (QED) is 0.262. The highest BCUT2D eigenvalue weighted by Crippen LogP contribution is 2.00. The van der Waals surface area contributed by atoms with E-state index in [9.17, 15) is 4.79 Å². The van der Waals surface area contributed by atoms with Gasteiger partial charge in [0.05, 0.1) is 6.54 Å². The number of likely N-dealkylation sites (N-methyl/N-ethyl adjacent to an activating group) is 1. The molecule has 0 heterocycles. The van der Waals surface area contributed by atoms with Gasteiger partial charge in [0.2, 0.25) is 5.91 Å². The molecule has 22 heavy (non-hydrogen) atoms. The molecule has 0 saturated heterocycles. The maximum absolute atomic E-state index is 12.0. The Labute approximate surface area is 157 Å². The van der Waals surface area contributed by atoms with E-state index in [0.29, 0.717) is 6.54 Å². The van der Waals surface area contributed by atoms with Crippen molar-refractivity contribution in [1.82, 2.24) is 15.5 Å². The third-order valence-electron chi connectivity index (χ3n) is 2.61. The summed E-state index contributed by atoms with van der Waals surface area (Å²) in [4.78, 5) is 18.4. The monoisotopic (exact) mass is 444 g/mol. The van der Waals surface area contributed by atoms with Crippen LogP contribution in [0.5, 0.6) is 0 Å². The van der Waals surface area contributed by atoms with Gasteiger partial charge in [-0.15, -0.1) is 24.0 Å². The summed E-state index contributed by atoms with van der Waals surface area (Å²) in [5, 5.41) is 6.20. The molecule has 0 aliphatic rings. The Bertz CT molecular complexity index is 332. The maximum Gasteiger partial charge on any atom is 0.240 e. The Balaban J connectivity index is 0. The average Bonchev–Trinajstić information content (AvgIpc) is 2.34. The lowest BCUT2D eigenvalue weighted by Gasteiger charge is -2.25. The van der Waals surface area contributed by atoms with Crippen molar-refractivity contribution in [3.05, 3.63) is 0 Å². The highest BCUT2D eigenvalue weighted by atomic mass is 127. The van der Waals surface area contributed by atoms with E-state index in [4.69, 9.17) is 0 Å². The Morgan fingerprint density at radius 2 is 1.91 bits per heavy atom. The topological polar surface area (TPSA) is 56.7 Å². The van der Waals surface area contributed by atoms with Crippen molar-refractivity contribution >= 4 is 47.6 Å². The summed E-state index contributed by atoms with van der Waals surface area (Å²) in [5.74, 6) is 1.99. The van der Waals surface area contributed by atoms with Crippen molar-refractivity contribution in [2.24, 2.45) is 4.99 Å². The van der Waals surface area contributed by atoms with Crippen molar-refractivity contribution < 1.29 is 4.79 Å². The number of amides is 1. The van der Waals surface area contributed by atoms with Gasteiger partial charge >= 0.3 is 0 Å². The first-order chi connectivity index (χ1) is 9.80. The maximum atomic E-state index is 12.0. The fourth-order valence-electron chi connectivity index (χ4n) is 1.76. The number of guanidine groups is 1. The fraction of sp³-hybridized carbons (Fsp3) is 0.867. The van der Waals surface area contributed by atoms with Crippen molar-refractivity contribution in [2.45, 2.75) is 46.1 Å². The minimum atomic E-state index is -0.203. The Morgan fingerprint density at radius 3 is 2.41 bits per heavy atom. The lowest BCUT2D eigenvalue weighted by Crippen LogP contribution is -2.48. The minimum Gasteiger partial charge on any atom is -0.357 e. The summed E-state index contributed by atoms with van der Waals surface area (Å²) in [6.07, 6.45) is 4.38. The average molecular weight is 444 g/mol. The first kappa shape index (κ1) is 24.1. The first-order valence-corrected chi connectivity index (χ1v) is 8.99. The summed E-state index contributed by atoms with van der Waals surface area (Å²) in [6.45, 7) is 9.89. The van der Waals surface area contributed by atoms with Crippen LogP contribution in [0.25, 0.3) is 0 Å². The van der Waals surface area contributed by atoms with E-state index in [0.717, 1.165) is 25.5 Å². The number of carbonyl (C=O) groups is 1. The molecular formula is C15H33IN4OS. The van der Waals surface area contributed by atoms with Crippen molar-refractivity contribution in [3.63, 3.8) is 0 Å². The Kier molecular flexibility index (Phi) is 14.5. The highest BCUT2D eigenvalue weighted by Gasteiger charge is 2.16. The van der Waals surface area contributed by atoms with Gasteiger partial charge in [0.25, 0.3) is 0 Å². The minimum absolute atomic E-state index is 0. The summed E-state index contributed by atoms with van der Waals surface area (Å²) >= 11 is 1.86. The molecular weight excluding hydrogens is 411 g/mol. The van der Waals surface area contributed by atoms with Gasteiger partial charge in [-0.2, -0.15) is 11.8 Å². The van der Waals surface area contributed by atoms with Crippen molar-refractivity contribution in [1.29, 1.82) is 0 Å². The number of hydrogen-bond acceptors (Lipinski definition) is 3. The number of unbranched alkanes of at least 4 members (excludes halogenated alkanes) is 1. The van der Waals surface area contributed by atoms with Crippen LogP contribution in [-0.4, -0.2) is 61.0 Å². The Hall–Kier alpha value is -0.180. The molecule has 0 unspecified atom stereocenters. The normalized spacial score (nSPS) is 11.6. The van der Waals surface area contributed by atoms with E-state index in [1.54, 1.807) is 0 Å². The van der Waals surface area contributed by atoms with Crippen LogP contribution in [0, 0.1) is 0 Å². The molecule has 5 nitrogen and oxygen atoms in total. The lowest BCUT2D eigenvalue weighted by molar-refractivity contribution is -0.122. The van der Waals surface area contributed by atoms with Crippen LogP contribution >= 0.6 is 35.7 Å². The van der Waals surface area contributed by atoms with E-state index in [2.05, 4.69) is 21.9 Å². The number of aliphatic imine (C=N–C) groups is 1. The number of carbonyl (C=O) groups excluding carboxylic acids is 1. The molecule has 7 heteroatoms. The zero-order valence-electron chi connectivity index (χ0n) is 14.9. The van der Waals surface area contributed by atoms with Crippen LogP contribution in [-0.2, 0) is 4.79 Å². The van der Waals surface area contributed by atoms with Gasteiger partial charge in [-0.25, -0.2) is 0 Å². The standard InChI is InChI=1S/C15H32N4OS.HI/c1-7-16-14(17-10-8-9-11-21-6)19(5)12-13(20)18-15(2,3)4;/h7-12H2,1-6H3,(H,16,17)(H,18,20);1H. The summed E-state index contributed by atoms with van der Waals surface area (Å²) < 4.78 is 0. The molecule has 0 radical (unpaired) electrons. The summed E-state index contributed by atoms with van der Waals surface area (Å²) in [6, 6.07) is 0. The van der Waals surface area contributed by atoms with Crippen LogP contribution in [0.15, 0.2) is 4.99 Å². The van der Waals surface area contributed by atoms with E-state index in [1.807, 2.05) is 51.4 Å². The Morgan fingerprint density at radius 1 is 1.27 bits per heavy atom. The van der Waals surface area contributed by atoms with Gasteiger partial charge in [0.1, 0.15) is 0 Å². The van der Waals surface area contributed by atoms with Crippen molar-refractivity contribution in [2.75, 3.05) is 38.7 Å². The molecule has 1 amide bonds. The van der Waals surface area contributed by atoms with E-state index < -0.39 is 0 Å². The lowest BCUT2D eigenvalue weighted by atomic mass is 10.1. The van der Waals surface area contributed by atoms with E-state index in [1.165, 1.54) is 12.2 Å². The van der Waals surface area contributed by atoms with Crippen molar-refractivity contribution in [3.8, 4) is 0 Å².